The molecule has 0 aliphatic rings. The SMILES string of the molecule is Cc1cccc2cc(C(C)C)ncc12. The number of nitrogens with zero attached hydrogens (tertiary/aromatic N) is 1. The van der Waals surface area contributed by atoms with Crippen LogP contribution in [0.3, 0.4) is 0 Å². The molecule has 72 valence electrons. The van der Waals surface area contributed by atoms with E-state index in [-0.39, 0.29) is 0 Å². The molecule has 0 aliphatic carbocycles. The third kappa shape index (κ3) is 1.50. The van der Waals surface area contributed by atoms with E-state index in [1.54, 1.807) is 0 Å². The van der Waals surface area contributed by atoms with Gasteiger partial charge in [-0.2, -0.15) is 0 Å². The fourth-order valence-corrected chi connectivity index (χ4v) is 1.66. The summed E-state index contributed by atoms with van der Waals surface area (Å²) in [6.07, 6.45) is 1.99. The van der Waals surface area contributed by atoms with E-state index in [9.17, 15) is 0 Å². The summed E-state index contributed by atoms with van der Waals surface area (Å²) in [7, 11) is 0. The second-order valence-electron chi connectivity index (χ2n) is 4.06. The molecule has 1 heteroatoms. The summed E-state index contributed by atoms with van der Waals surface area (Å²) >= 11 is 0. The van der Waals surface area contributed by atoms with Crippen LogP contribution in [0.2, 0.25) is 0 Å². The van der Waals surface area contributed by atoms with Crippen LogP contribution in [0.15, 0.2) is 30.5 Å². The quantitative estimate of drug-likeness (QED) is 0.660. The van der Waals surface area contributed by atoms with Gasteiger partial charge in [0.1, 0.15) is 0 Å². The van der Waals surface area contributed by atoms with Gasteiger partial charge in [0.25, 0.3) is 0 Å². The standard InChI is InChI=1S/C13H15N/c1-9(2)13-7-11-6-4-5-10(3)12(11)8-14-13/h4-9H,1-3H3. The van der Waals surface area contributed by atoms with Crippen LogP contribution >= 0.6 is 0 Å². The first-order valence-corrected chi connectivity index (χ1v) is 5.04. The highest BCUT2D eigenvalue weighted by Crippen LogP contribution is 2.21. The summed E-state index contributed by atoms with van der Waals surface area (Å²) in [6, 6.07) is 8.56. The van der Waals surface area contributed by atoms with E-state index in [0.717, 1.165) is 0 Å². The molecule has 0 saturated heterocycles. The summed E-state index contributed by atoms with van der Waals surface area (Å²) < 4.78 is 0. The predicted octanol–water partition coefficient (Wildman–Crippen LogP) is 3.67. The van der Waals surface area contributed by atoms with Crippen molar-refractivity contribution in [3.63, 3.8) is 0 Å². The number of benzene rings is 1. The van der Waals surface area contributed by atoms with Crippen molar-refractivity contribution in [1.82, 2.24) is 4.98 Å². The van der Waals surface area contributed by atoms with E-state index in [1.807, 2.05) is 6.20 Å². The highest BCUT2D eigenvalue weighted by Gasteiger charge is 2.02. The van der Waals surface area contributed by atoms with Crippen molar-refractivity contribution in [2.45, 2.75) is 26.7 Å². The molecule has 1 heterocycles. The summed E-state index contributed by atoms with van der Waals surface area (Å²) in [6.45, 7) is 6.47. The summed E-state index contributed by atoms with van der Waals surface area (Å²) in [5.74, 6) is 0.500. The Balaban J connectivity index is 2.67. The van der Waals surface area contributed by atoms with Crippen LogP contribution < -0.4 is 0 Å². The Labute approximate surface area is 84.8 Å². The number of hydrogen-bond donors (Lipinski definition) is 0. The number of aryl methyl sites for hydroxylation is 1. The van der Waals surface area contributed by atoms with Gasteiger partial charge in [-0.1, -0.05) is 32.0 Å². The average Bonchev–Trinajstić information content (AvgIpc) is 2.17. The maximum Gasteiger partial charge on any atom is 0.0435 e. The molecule has 14 heavy (non-hydrogen) atoms. The van der Waals surface area contributed by atoms with E-state index >= 15 is 0 Å². The molecule has 0 N–H and O–H groups in total. The van der Waals surface area contributed by atoms with Crippen LogP contribution in [-0.2, 0) is 0 Å². The smallest absolute Gasteiger partial charge is 0.0435 e. The lowest BCUT2D eigenvalue weighted by Gasteiger charge is -2.06. The lowest BCUT2D eigenvalue weighted by atomic mass is 10.0. The average molecular weight is 185 g/mol. The number of hydrogen-bond acceptors (Lipinski definition) is 1. The second-order valence-corrected chi connectivity index (χ2v) is 4.06. The van der Waals surface area contributed by atoms with E-state index < -0.39 is 0 Å². The maximum absolute atomic E-state index is 4.47. The minimum Gasteiger partial charge on any atom is -0.260 e. The van der Waals surface area contributed by atoms with Gasteiger partial charge in [0.05, 0.1) is 0 Å². The van der Waals surface area contributed by atoms with Crippen molar-refractivity contribution < 1.29 is 0 Å². The first-order valence-electron chi connectivity index (χ1n) is 5.04. The lowest BCUT2D eigenvalue weighted by Crippen LogP contribution is -1.92. The molecule has 0 spiro atoms. The van der Waals surface area contributed by atoms with Crippen molar-refractivity contribution in [2.75, 3.05) is 0 Å². The highest BCUT2D eigenvalue weighted by atomic mass is 14.7. The van der Waals surface area contributed by atoms with Gasteiger partial charge in [-0.15, -0.1) is 0 Å². The molecule has 0 amide bonds. The Hall–Kier alpha value is -1.37. The third-order valence-electron chi connectivity index (χ3n) is 2.60. The van der Waals surface area contributed by atoms with E-state index in [1.165, 1.54) is 22.0 Å². The first-order chi connectivity index (χ1) is 6.68. The first kappa shape index (κ1) is 9.20. The number of fused-ring (bicyclic) bond motifs is 1. The number of rotatable bonds is 1. The van der Waals surface area contributed by atoms with E-state index in [2.05, 4.69) is 50.0 Å². The fourth-order valence-electron chi connectivity index (χ4n) is 1.66. The third-order valence-corrected chi connectivity index (χ3v) is 2.60. The molecule has 0 unspecified atom stereocenters. The number of pyridine rings is 1. The zero-order chi connectivity index (χ0) is 10.1. The van der Waals surface area contributed by atoms with Crippen molar-refractivity contribution >= 4 is 10.8 Å². The van der Waals surface area contributed by atoms with Crippen molar-refractivity contribution in [1.29, 1.82) is 0 Å². The maximum atomic E-state index is 4.47. The lowest BCUT2D eigenvalue weighted by molar-refractivity contribution is 0.826. The minimum absolute atomic E-state index is 0.500. The topological polar surface area (TPSA) is 12.9 Å². The van der Waals surface area contributed by atoms with Crippen molar-refractivity contribution in [2.24, 2.45) is 0 Å². The van der Waals surface area contributed by atoms with Crippen molar-refractivity contribution in [3.05, 3.63) is 41.7 Å². The van der Waals surface area contributed by atoms with Crippen LogP contribution in [0.25, 0.3) is 10.8 Å². The number of aromatic nitrogens is 1. The van der Waals surface area contributed by atoms with Gasteiger partial charge in [-0.05, 0) is 29.9 Å². The summed E-state index contributed by atoms with van der Waals surface area (Å²) in [5.41, 5.74) is 2.47. The van der Waals surface area contributed by atoms with Gasteiger partial charge in [0, 0.05) is 17.3 Å². The molecule has 0 saturated carbocycles. The Kier molecular flexibility index (Phi) is 2.24. The Morgan fingerprint density at radius 3 is 2.71 bits per heavy atom. The molecule has 0 aliphatic heterocycles. The summed E-state index contributed by atoms with van der Waals surface area (Å²) in [4.78, 5) is 4.47. The summed E-state index contributed by atoms with van der Waals surface area (Å²) in [5, 5.41) is 2.56. The predicted molar refractivity (Wildman–Crippen MR) is 60.6 cm³/mol. The van der Waals surface area contributed by atoms with Gasteiger partial charge in [0.15, 0.2) is 0 Å². The van der Waals surface area contributed by atoms with Crippen LogP contribution in [0.5, 0.6) is 0 Å². The Morgan fingerprint density at radius 2 is 2.00 bits per heavy atom. The van der Waals surface area contributed by atoms with Gasteiger partial charge < -0.3 is 0 Å². The van der Waals surface area contributed by atoms with Crippen molar-refractivity contribution in [3.8, 4) is 0 Å². The molecule has 0 bridgehead atoms. The van der Waals surface area contributed by atoms with Crippen LogP contribution in [-0.4, -0.2) is 4.98 Å². The van der Waals surface area contributed by atoms with Crippen LogP contribution in [0.1, 0.15) is 31.0 Å². The monoisotopic (exact) mass is 185 g/mol. The highest BCUT2D eigenvalue weighted by molar-refractivity contribution is 5.85. The molecule has 1 nitrogen and oxygen atoms in total. The van der Waals surface area contributed by atoms with E-state index in [0.29, 0.717) is 5.92 Å². The minimum atomic E-state index is 0.500. The molecule has 0 radical (unpaired) electrons. The van der Waals surface area contributed by atoms with Gasteiger partial charge in [0.2, 0.25) is 0 Å². The molecular weight excluding hydrogens is 170 g/mol. The molecule has 1 aromatic carbocycles. The molecule has 1 aromatic heterocycles. The second kappa shape index (κ2) is 3.41. The Morgan fingerprint density at radius 1 is 1.21 bits per heavy atom. The fraction of sp³-hybridized carbons (Fsp3) is 0.308. The molecule has 0 atom stereocenters. The zero-order valence-corrected chi connectivity index (χ0v) is 8.91. The van der Waals surface area contributed by atoms with Crippen LogP contribution in [0.4, 0.5) is 0 Å². The normalized spacial score (nSPS) is 11.1. The van der Waals surface area contributed by atoms with Gasteiger partial charge in [-0.25, -0.2) is 0 Å². The van der Waals surface area contributed by atoms with Gasteiger partial charge >= 0.3 is 0 Å². The van der Waals surface area contributed by atoms with E-state index in [4.69, 9.17) is 0 Å². The largest absolute Gasteiger partial charge is 0.260 e. The molecule has 2 aromatic rings. The Bertz CT molecular complexity index is 458. The van der Waals surface area contributed by atoms with Gasteiger partial charge in [-0.3, -0.25) is 4.98 Å². The van der Waals surface area contributed by atoms with Crippen LogP contribution in [0, 0.1) is 6.92 Å². The molecule has 2 rings (SSSR count). The zero-order valence-electron chi connectivity index (χ0n) is 8.91. The molecular formula is C13H15N. The molecule has 0 fully saturated rings.